The van der Waals surface area contributed by atoms with E-state index in [1.165, 1.54) is 0 Å². The lowest BCUT2D eigenvalue weighted by Gasteiger charge is -2.63. The summed E-state index contributed by atoms with van der Waals surface area (Å²) in [7, 11) is 0. The average Bonchev–Trinajstić information content (AvgIpc) is 2.71. The Labute approximate surface area is 177 Å². The van der Waals surface area contributed by atoms with Crippen molar-refractivity contribution in [1.82, 2.24) is 0 Å². The molecule has 170 valence electrons. The minimum Gasteiger partial charge on any atom is -0.396 e. The highest BCUT2D eigenvalue weighted by Gasteiger charge is 2.61. The van der Waals surface area contributed by atoms with Crippen LogP contribution in [0.1, 0.15) is 92.4 Å². The highest BCUT2D eigenvalue weighted by molar-refractivity contribution is 5.11. The zero-order valence-electron chi connectivity index (χ0n) is 19.2. The predicted octanol–water partition coefficient (Wildman–Crippen LogP) is 4.23. The highest BCUT2D eigenvalue weighted by Crippen LogP contribution is 2.64. The van der Waals surface area contributed by atoms with Crippen molar-refractivity contribution in [3.8, 4) is 0 Å². The van der Waals surface area contributed by atoms with Gasteiger partial charge in [-0.15, -0.1) is 0 Å². The first-order valence-electron chi connectivity index (χ1n) is 11.8. The Bertz CT molecular complexity index is 559. The molecule has 3 fully saturated rings. The lowest BCUT2D eigenvalue weighted by Crippen LogP contribution is -2.62. The van der Waals surface area contributed by atoms with Crippen LogP contribution in [0.2, 0.25) is 0 Å². The van der Waals surface area contributed by atoms with Crippen LogP contribution < -0.4 is 0 Å². The molecule has 3 N–H and O–H groups in total. The fraction of sp³-hybridized carbons (Fsp3) is 1.00. The summed E-state index contributed by atoms with van der Waals surface area (Å²) in [5, 5.41) is 30.7. The normalized spacial score (nSPS) is 49.4. The van der Waals surface area contributed by atoms with Crippen molar-refractivity contribution in [2.75, 3.05) is 13.2 Å². The quantitative estimate of drug-likeness (QED) is 0.569. The van der Waals surface area contributed by atoms with Crippen LogP contribution in [0.25, 0.3) is 0 Å². The number of aliphatic hydroxyl groups excluding tert-OH is 2. The Morgan fingerprint density at radius 1 is 1.00 bits per heavy atom. The smallest absolute Gasteiger partial charge is 0.101 e. The van der Waals surface area contributed by atoms with E-state index >= 15 is 0 Å². The molecule has 2 saturated carbocycles. The fourth-order valence-corrected chi connectivity index (χ4v) is 6.77. The van der Waals surface area contributed by atoms with Crippen LogP contribution in [0.5, 0.6) is 0 Å². The van der Waals surface area contributed by atoms with Crippen molar-refractivity contribution >= 4 is 0 Å². The van der Waals surface area contributed by atoms with E-state index in [2.05, 4.69) is 27.7 Å². The summed E-state index contributed by atoms with van der Waals surface area (Å²) < 4.78 is 0. The molecule has 1 heterocycles. The van der Waals surface area contributed by atoms with E-state index in [-0.39, 0.29) is 41.7 Å². The van der Waals surface area contributed by atoms with Crippen molar-refractivity contribution < 1.29 is 25.1 Å². The van der Waals surface area contributed by atoms with Crippen LogP contribution in [-0.4, -0.2) is 45.8 Å². The molecule has 0 radical (unpaired) electrons. The molecule has 3 rings (SSSR count). The number of hydrogen-bond acceptors (Lipinski definition) is 5. The Kier molecular flexibility index (Phi) is 6.78. The van der Waals surface area contributed by atoms with E-state index in [9.17, 15) is 15.3 Å². The number of rotatable bonds is 6. The van der Waals surface area contributed by atoms with E-state index in [1.54, 1.807) is 0 Å². The fourth-order valence-electron chi connectivity index (χ4n) is 6.77. The summed E-state index contributed by atoms with van der Waals surface area (Å²) in [5.41, 5.74) is -1.38. The summed E-state index contributed by atoms with van der Waals surface area (Å²) in [6.07, 6.45) is 8.69. The maximum absolute atomic E-state index is 11.3. The average molecular weight is 413 g/mol. The standard InChI is InChI=1S/C24H44O5/c1-17(15-25)19-9-11-21(3,29-28-19)13-14-22(4)18(2)8-12-23(5)20(22)7-6-10-24(23,27)16-26/h17-20,25-27H,6-16H2,1-5H3. The predicted molar refractivity (Wildman–Crippen MR) is 113 cm³/mol. The Hall–Kier alpha value is -0.200. The largest absolute Gasteiger partial charge is 0.396 e. The van der Waals surface area contributed by atoms with Gasteiger partial charge in [0, 0.05) is 17.9 Å². The van der Waals surface area contributed by atoms with Crippen LogP contribution in [0, 0.1) is 28.6 Å². The third kappa shape index (κ3) is 4.03. The van der Waals surface area contributed by atoms with Crippen LogP contribution in [0.4, 0.5) is 0 Å². The summed E-state index contributed by atoms with van der Waals surface area (Å²) in [6, 6.07) is 0. The zero-order valence-corrected chi connectivity index (χ0v) is 19.2. The molecule has 1 saturated heterocycles. The lowest BCUT2D eigenvalue weighted by molar-refractivity contribution is -0.414. The van der Waals surface area contributed by atoms with E-state index < -0.39 is 5.60 Å². The maximum Gasteiger partial charge on any atom is 0.101 e. The topological polar surface area (TPSA) is 79.2 Å². The molecule has 0 aromatic heterocycles. The highest BCUT2D eigenvalue weighted by atomic mass is 17.2. The Morgan fingerprint density at radius 3 is 2.31 bits per heavy atom. The van der Waals surface area contributed by atoms with Crippen molar-refractivity contribution in [2.45, 2.75) is 110 Å². The van der Waals surface area contributed by atoms with Crippen LogP contribution >= 0.6 is 0 Å². The lowest BCUT2D eigenvalue weighted by atomic mass is 9.43. The molecule has 8 unspecified atom stereocenters. The summed E-state index contributed by atoms with van der Waals surface area (Å²) in [6.45, 7) is 11.1. The molecule has 3 aliphatic rings. The van der Waals surface area contributed by atoms with Gasteiger partial charge in [-0.3, -0.25) is 0 Å². The summed E-state index contributed by atoms with van der Waals surface area (Å²) >= 11 is 0. The van der Waals surface area contributed by atoms with Gasteiger partial charge in [0.1, 0.15) is 5.60 Å². The molecule has 5 nitrogen and oxygen atoms in total. The SMILES string of the molecule is CC(CO)C1CCC(C)(CCC2(C)C(C)CCC3(C)C2CCCC3(O)CO)OO1. The van der Waals surface area contributed by atoms with Gasteiger partial charge in [0.05, 0.1) is 18.3 Å². The van der Waals surface area contributed by atoms with Gasteiger partial charge >= 0.3 is 0 Å². The second-order valence-electron chi connectivity index (χ2n) is 11.4. The van der Waals surface area contributed by atoms with Gasteiger partial charge in [-0.1, -0.05) is 34.1 Å². The molecule has 8 atom stereocenters. The van der Waals surface area contributed by atoms with Gasteiger partial charge in [-0.2, -0.15) is 0 Å². The van der Waals surface area contributed by atoms with Crippen molar-refractivity contribution in [1.29, 1.82) is 0 Å². The van der Waals surface area contributed by atoms with Gasteiger partial charge in [-0.25, -0.2) is 9.78 Å². The van der Waals surface area contributed by atoms with E-state index in [0.29, 0.717) is 18.3 Å². The maximum atomic E-state index is 11.3. The number of aliphatic hydroxyl groups is 3. The monoisotopic (exact) mass is 412 g/mol. The molecule has 0 aromatic rings. The second-order valence-corrected chi connectivity index (χ2v) is 11.4. The second kappa shape index (κ2) is 8.38. The Morgan fingerprint density at radius 2 is 1.72 bits per heavy atom. The number of hydrogen-bond donors (Lipinski definition) is 3. The molecule has 2 aliphatic carbocycles. The summed E-state index contributed by atoms with van der Waals surface area (Å²) in [5.74, 6) is 1.08. The molecule has 0 amide bonds. The van der Waals surface area contributed by atoms with Gasteiger partial charge in [0.15, 0.2) is 0 Å². The molecule has 0 aromatic carbocycles. The first kappa shape index (κ1) is 23.5. The molecular weight excluding hydrogens is 368 g/mol. The first-order chi connectivity index (χ1) is 13.5. The van der Waals surface area contributed by atoms with Gasteiger partial charge < -0.3 is 15.3 Å². The van der Waals surface area contributed by atoms with Crippen LogP contribution in [0.3, 0.4) is 0 Å². The van der Waals surface area contributed by atoms with Gasteiger partial charge in [0.2, 0.25) is 0 Å². The molecule has 5 heteroatoms. The minimum absolute atomic E-state index is 0.0292. The van der Waals surface area contributed by atoms with Crippen molar-refractivity contribution in [3.63, 3.8) is 0 Å². The van der Waals surface area contributed by atoms with E-state index in [0.717, 1.165) is 51.4 Å². The first-order valence-corrected chi connectivity index (χ1v) is 11.8. The van der Waals surface area contributed by atoms with Crippen molar-refractivity contribution in [3.05, 3.63) is 0 Å². The molecule has 0 bridgehead atoms. The molecular formula is C24H44O5. The van der Waals surface area contributed by atoms with Gasteiger partial charge in [0.25, 0.3) is 0 Å². The Balaban J connectivity index is 1.72. The number of fused-ring (bicyclic) bond motifs is 1. The minimum atomic E-state index is -0.959. The molecule has 1 aliphatic heterocycles. The third-order valence-corrected chi connectivity index (χ3v) is 9.64. The van der Waals surface area contributed by atoms with Crippen molar-refractivity contribution in [2.24, 2.45) is 28.6 Å². The molecule has 0 spiro atoms. The van der Waals surface area contributed by atoms with Gasteiger partial charge in [-0.05, 0) is 75.5 Å². The third-order valence-electron chi connectivity index (χ3n) is 9.64. The van der Waals surface area contributed by atoms with Crippen LogP contribution in [-0.2, 0) is 9.78 Å². The summed E-state index contributed by atoms with van der Waals surface area (Å²) in [4.78, 5) is 11.6. The molecule has 29 heavy (non-hydrogen) atoms. The van der Waals surface area contributed by atoms with Crippen LogP contribution in [0.15, 0.2) is 0 Å². The zero-order chi connectivity index (χ0) is 21.5. The van der Waals surface area contributed by atoms with E-state index in [4.69, 9.17) is 9.78 Å². The van der Waals surface area contributed by atoms with E-state index in [1.807, 2.05) is 6.92 Å².